The van der Waals surface area contributed by atoms with Crippen molar-refractivity contribution in [1.29, 1.82) is 0 Å². The molecule has 1 saturated heterocycles. The summed E-state index contributed by atoms with van der Waals surface area (Å²) in [7, 11) is 0. The normalized spacial score (nSPS) is 23.3. The maximum atomic E-state index is 5.83. The molecule has 0 unspecified atom stereocenters. The first-order chi connectivity index (χ1) is 8.14. The van der Waals surface area contributed by atoms with Crippen LogP contribution in [-0.2, 0) is 15.9 Å². The minimum absolute atomic E-state index is 0.157. The van der Waals surface area contributed by atoms with Gasteiger partial charge in [-0.2, -0.15) is 0 Å². The molecule has 1 N–H and O–H groups in total. The first-order valence-electron chi connectivity index (χ1n) is 6.01. The second-order valence-corrected chi connectivity index (χ2v) is 5.01. The molecule has 1 fully saturated rings. The molecule has 1 aromatic heterocycles. The lowest BCUT2D eigenvalue weighted by Crippen LogP contribution is -2.22. The van der Waals surface area contributed by atoms with Gasteiger partial charge < -0.3 is 14.5 Å². The van der Waals surface area contributed by atoms with Crippen molar-refractivity contribution in [3.8, 4) is 0 Å². The van der Waals surface area contributed by atoms with Gasteiger partial charge in [0.05, 0.1) is 12.7 Å². The predicted molar refractivity (Wildman–Crippen MR) is 66.9 cm³/mol. The summed E-state index contributed by atoms with van der Waals surface area (Å²) in [5.74, 6) is -0.434. The molecule has 0 bridgehead atoms. The van der Waals surface area contributed by atoms with E-state index in [9.17, 15) is 0 Å². The minimum Gasteiger partial charge on any atom is -0.361 e. The zero-order valence-electron chi connectivity index (χ0n) is 10.2. The van der Waals surface area contributed by atoms with E-state index in [0.717, 1.165) is 6.42 Å². The van der Waals surface area contributed by atoms with Crippen molar-refractivity contribution >= 4 is 10.9 Å². The third-order valence-electron chi connectivity index (χ3n) is 3.19. The Labute approximate surface area is 101 Å². The summed E-state index contributed by atoms with van der Waals surface area (Å²) in [5.41, 5.74) is 2.48. The maximum absolute atomic E-state index is 5.83. The number of ether oxygens (including phenoxy) is 2. The average Bonchev–Trinajstić information content (AvgIpc) is 2.84. The molecule has 3 heteroatoms. The van der Waals surface area contributed by atoms with Crippen LogP contribution in [0.3, 0.4) is 0 Å². The van der Waals surface area contributed by atoms with Gasteiger partial charge in [-0.15, -0.1) is 0 Å². The summed E-state index contributed by atoms with van der Waals surface area (Å²) in [4.78, 5) is 3.29. The van der Waals surface area contributed by atoms with Crippen LogP contribution in [-0.4, -0.2) is 23.5 Å². The highest BCUT2D eigenvalue weighted by Crippen LogP contribution is 2.27. The molecule has 1 aliphatic rings. The number of hydrogen-bond donors (Lipinski definition) is 1. The van der Waals surface area contributed by atoms with Gasteiger partial charge in [0.1, 0.15) is 0 Å². The molecule has 0 saturated carbocycles. The highest BCUT2D eigenvalue weighted by atomic mass is 16.7. The van der Waals surface area contributed by atoms with Gasteiger partial charge in [0.15, 0.2) is 5.79 Å². The van der Waals surface area contributed by atoms with Crippen LogP contribution in [0.1, 0.15) is 19.4 Å². The van der Waals surface area contributed by atoms with E-state index in [0.29, 0.717) is 6.61 Å². The Hall–Kier alpha value is -1.32. The van der Waals surface area contributed by atoms with Gasteiger partial charge in [0.25, 0.3) is 0 Å². The molecule has 1 atom stereocenters. The summed E-state index contributed by atoms with van der Waals surface area (Å²) in [5, 5.41) is 1.28. The Balaban J connectivity index is 1.82. The van der Waals surface area contributed by atoms with E-state index in [2.05, 4.69) is 29.4 Å². The van der Waals surface area contributed by atoms with Crippen LogP contribution in [0.5, 0.6) is 0 Å². The Bertz CT molecular complexity index is 530. The van der Waals surface area contributed by atoms with Crippen molar-refractivity contribution in [2.45, 2.75) is 32.2 Å². The van der Waals surface area contributed by atoms with Gasteiger partial charge in [-0.3, -0.25) is 0 Å². The third kappa shape index (κ3) is 2.08. The molecule has 1 aromatic carbocycles. The minimum atomic E-state index is -0.434. The van der Waals surface area contributed by atoms with E-state index in [1.54, 1.807) is 0 Å². The Morgan fingerprint density at radius 2 is 2.18 bits per heavy atom. The topological polar surface area (TPSA) is 34.2 Å². The van der Waals surface area contributed by atoms with Crippen molar-refractivity contribution in [2.24, 2.45) is 0 Å². The summed E-state index contributed by atoms with van der Waals surface area (Å²) in [6.45, 7) is 4.59. The van der Waals surface area contributed by atoms with E-state index < -0.39 is 5.79 Å². The second kappa shape index (κ2) is 3.86. The Morgan fingerprint density at radius 3 is 2.94 bits per heavy atom. The number of H-pyrrole nitrogens is 1. The number of aromatic amines is 1. The van der Waals surface area contributed by atoms with Gasteiger partial charge >= 0.3 is 0 Å². The number of hydrogen-bond acceptors (Lipinski definition) is 2. The number of rotatable bonds is 2. The summed E-state index contributed by atoms with van der Waals surface area (Å²) >= 11 is 0. The third-order valence-corrected chi connectivity index (χ3v) is 3.19. The molecule has 3 rings (SSSR count). The number of aromatic nitrogens is 1. The fourth-order valence-electron chi connectivity index (χ4n) is 2.41. The molecule has 0 radical (unpaired) electrons. The lowest BCUT2D eigenvalue weighted by Gasteiger charge is -2.16. The van der Waals surface area contributed by atoms with Gasteiger partial charge in [-0.25, -0.2) is 0 Å². The smallest absolute Gasteiger partial charge is 0.163 e. The molecule has 2 aromatic rings. The molecule has 0 spiro atoms. The van der Waals surface area contributed by atoms with E-state index in [1.807, 2.05) is 19.9 Å². The first-order valence-corrected chi connectivity index (χ1v) is 6.01. The van der Waals surface area contributed by atoms with E-state index >= 15 is 0 Å². The van der Waals surface area contributed by atoms with Crippen LogP contribution in [0, 0.1) is 0 Å². The van der Waals surface area contributed by atoms with Crippen LogP contribution in [0.2, 0.25) is 0 Å². The second-order valence-electron chi connectivity index (χ2n) is 5.01. The maximum Gasteiger partial charge on any atom is 0.163 e. The van der Waals surface area contributed by atoms with Crippen LogP contribution in [0.25, 0.3) is 10.9 Å². The summed E-state index contributed by atoms with van der Waals surface area (Å²) in [6, 6.07) is 8.34. The zero-order valence-corrected chi connectivity index (χ0v) is 10.2. The molecule has 90 valence electrons. The lowest BCUT2D eigenvalue weighted by atomic mass is 10.1. The standard InChI is InChI=1S/C14H17NO2/c1-14(2)16-9-11(17-14)7-10-8-15-13-6-4-3-5-12(10)13/h3-6,8,11,15H,7,9H2,1-2H3/t11-/m0/s1. The Kier molecular flexibility index (Phi) is 2.45. The molecule has 0 aliphatic carbocycles. The molecule has 0 amide bonds. The fraction of sp³-hybridized carbons (Fsp3) is 0.429. The van der Waals surface area contributed by atoms with Gasteiger partial charge in [0, 0.05) is 23.5 Å². The molecular formula is C14H17NO2. The van der Waals surface area contributed by atoms with Crippen molar-refractivity contribution in [3.05, 3.63) is 36.0 Å². The molecule has 17 heavy (non-hydrogen) atoms. The number of nitrogens with one attached hydrogen (secondary N) is 1. The van der Waals surface area contributed by atoms with Crippen LogP contribution in [0.4, 0.5) is 0 Å². The predicted octanol–water partition coefficient (Wildman–Crippen LogP) is 2.86. The highest BCUT2D eigenvalue weighted by molar-refractivity contribution is 5.83. The quantitative estimate of drug-likeness (QED) is 0.862. The zero-order chi connectivity index (χ0) is 11.9. The molecule has 1 aliphatic heterocycles. The number of para-hydroxylation sites is 1. The first kappa shape index (κ1) is 10.8. The number of fused-ring (bicyclic) bond motifs is 1. The molecule has 3 nitrogen and oxygen atoms in total. The lowest BCUT2D eigenvalue weighted by molar-refractivity contribution is -0.138. The summed E-state index contributed by atoms with van der Waals surface area (Å²) < 4.78 is 11.4. The van der Waals surface area contributed by atoms with E-state index in [4.69, 9.17) is 9.47 Å². The van der Waals surface area contributed by atoms with Crippen molar-refractivity contribution in [1.82, 2.24) is 4.98 Å². The number of benzene rings is 1. The fourth-order valence-corrected chi connectivity index (χ4v) is 2.41. The van der Waals surface area contributed by atoms with Crippen molar-refractivity contribution in [3.63, 3.8) is 0 Å². The van der Waals surface area contributed by atoms with Crippen molar-refractivity contribution < 1.29 is 9.47 Å². The van der Waals surface area contributed by atoms with Crippen molar-refractivity contribution in [2.75, 3.05) is 6.61 Å². The Morgan fingerprint density at radius 1 is 1.35 bits per heavy atom. The van der Waals surface area contributed by atoms with E-state index in [1.165, 1.54) is 16.5 Å². The van der Waals surface area contributed by atoms with Crippen LogP contribution in [0.15, 0.2) is 30.5 Å². The van der Waals surface area contributed by atoms with E-state index in [-0.39, 0.29) is 6.10 Å². The highest BCUT2D eigenvalue weighted by Gasteiger charge is 2.32. The largest absolute Gasteiger partial charge is 0.361 e. The summed E-state index contributed by atoms with van der Waals surface area (Å²) in [6.07, 6.45) is 3.12. The van der Waals surface area contributed by atoms with Crippen LogP contribution < -0.4 is 0 Å². The molecule has 2 heterocycles. The molecular weight excluding hydrogens is 214 g/mol. The van der Waals surface area contributed by atoms with Crippen LogP contribution >= 0.6 is 0 Å². The van der Waals surface area contributed by atoms with Gasteiger partial charge in [-0.1, -0.05) is 18.2 Å². The van der Waals surface area contributed by atoms with Gasteiger partial charge in [-0.05, 0) is 25.5 Å². The monoisotopic (exact) mass is 231 g/mol. The SMILES string of the molecule is CC1(C)OC[C@H](Cc2c[nH]c3ccccc23)O1. The average molecular weight is 231 g/mol. The van der Waals surface area contributed by atoms with Gasteiger partial charge in [0.2, 0.25) is 0 Å².